The van der Waals surface area contributed by atoms with Crippen molar-refractivity contribution >= 4 is 17.4 Å². The predicted molar refractivity (Wildman–Crippen MR) is 127 cm³/mol. The van der Waals surface area contributed by atoms with Gasteiger partial charge in [-0.2, -0.15) is 0 Å². The van der Waals surface area contributed by atoms with Crippen LogP contribution in [0.1, 0.15) is 23.6 Å². The fourth-order valence-electron chi connectivity index (χ4n) is 3.49. The van der Waals surface area contributed by atoms with Crippen molar-refractivity contribution in [3.63, 3.8) is 0 Å². The standard InChI is InChI=1S/C24H29N5O3/c1-4-28(16-20(30)27(3)14-19-12-10-17(2)11-13-19)21-22(25)29(24(32)26-23(21)31)15-18-8-6-5-7-9-18/h5-13H,4,14-16,25H2,1-3H3,(H,26,31,32). The predicted octanol–water partition coefficient (Wildman–Crippen LogP) is 1.96. The van der Waals surface area contributed by atoms with Gasteiger partial charge in [0.2, 0.25) is 5.91 Å². The van der Waals surface area contributed by atoms with Crippen molar-refractivity contribution in [3.8, 4) is 0 Å². The lowest BCUT2D eigenvalue weighted by atomic mass is 10.1. The van der Waals surface area contributed by atoms with Crippen LogP contribution in [0, 0.1) is 6.92 Å². The molecule has 0 aliphatic rings. The molecule has 0 bridgehead atoms. The van der Waals surface area contributed by atoms with Gasteiger partial charge in [0.05, 0.1) is 13.1 Å². The maximum Gasteiger partial charge on any atom is 0.330 e. The number of benzene rings is 2. The number of aryl methyl sites for hydroxylation is 1. The molecule has 8 nitrogen and oxygen atoms in total. The summed E-state index contributed by atoms with van der Waals surface area (Å²) in [6, 6.07) is 17.3. The van der Waals surface area contributed by atoms with Gasteiger partial charge in [-0.15, -0.1) is 0 Å². The van der Waals surface area contributed by atoms with Crippen LogP contribution in [0.3, 0.4) is 0 Å². The molecule has 0 atom stereocenters. The van der Waals surface area contributed by atoms with Gasteiger partial charge in [-0.05, 0) is 25.0 Å². The normalized spacial score (nSPS) is 10.7. The van der Waals surface area contributed by atoms with E-state index in [2.05, 4.69) is 4.98 Å². The zero-order valence-electron chi connectivity index (χ0n) is 18.7. The lowest BCUT2D eigenvalue weighted by Crippen LogP contribution is -2.43. The lowest BCUT2D eigenvalue weighted by Gasteiger charge is -2.27. The van der Waals surface area contributed by atoms with Gasteiger partial charge in [-0.1, -0.05) is 60.2 Å². The zero-order valence-corrected chi connectivity index (χ0v) is 18.7. The van der Waals surface area contributed by atoms with Crippen LogP contribution in [-0.2, 0) is 17.9 Å². The largest absolute Gasteiger partial charge is 0.383 e. The summed E-state index contributed by atoms with van der Waals surface area (Å²) in [5.74, 6) is -0.120. The number of amides is 1. The average Bonchev–Trinajstić information content (AvgIpc) is 2.77. The molecule has 0 spiro atoms. The van der Waals surface area contributed by atoms with Crippen molar-refractivity contribution in [3.05, 3.63) is 92.1 Å². The number of likely N-dealkylation sites (N-methyl/N-ethyl adjacent to an activating group) is 2. The maximum absolute atomic E-state index is 12.9. The summed E-state index contributed by atoms with van der Waals surface area (Å²) in [4.78, 5) is 43.5. The minimum atomic E-state index is -0.604. The Morgan fingerprint density at radius 3 is 2.31 bits per heavy atom. The van der Waals surface area contributed by atoms with Gasteiger partial charge in [0.15, 0.2) is 0 Å². The van der Waals surface area contributed by atoms with E-state index < -0.39 is 11.2 Å². The van der Waals surface area contributed by atoms with Gasteiger partial charge >= 0.3 is 5.69 Å². The minimum absolute atomic E-state index is 0.0321. The van der Waals surface area contributed by atoms with Crippen LogP contribution >= 0.6 is 0 Å². The fraction of sp³-hybridized carbons (Fsp3) is 0.292. The molecule has 1 aromatic heterocycles. The average molecular weight is 436 g/mol. The molecule has 0 aliphatic carbocycles. The molecule has 0 saturated carbocycles. The van der Waals surface area contributed by atoms with Crippen LogP contribution in [0.5, 0.6) is 0 Å². The number of nitrogens with one attached hydrogen (secondary N) is 1. The molecule has 1 amide bonds. The summed E-state index contributed by atoms with van der Waals surface area (Å²) >= 11 is 0. The number of nitrogens with two attached hydrogens (primary N) is 1. The minimum Gasteiger partial charge on any atom is -0.383 e. The zero-order chi connectivity index (χ0) is 23.3. The first-order chi connectivity index (χ1) is 15.3. The Balaban J connectivity index is 1.83. The Kier molecular flexibility index (Phi) is 7.14. The van der Waals surface area contributed by atoms with Gasteiger partial charge < -0.3 is 15.5 Å². The number of anilines is 2. The summed E-state index contributed by atoms with van der Waals surface area (Å²) in [6.07, 6.45) is 0. The Hall–Kier alpha value is -3.81. The SMILES string of the molecule is CCN(CC(=O)N(C)Cc1ccc(C)cc1)c1c(N)n(Cc2ccccc2)c(=O)[nH]c1=O. The Morgan fingerprint density at radius 1 is 1.03 bits per heavy atom. The van der Waals surface area contributed by atoms with Crippen LogP contribution in [0.2, 0.25) is 0 Å². The highest BCUT2D eigenvalue weighted by Gasteiger charge is 2.21. The Morgan fingerprint density at radius 2 is 1.69 bits per heavy atom. The van der Waals surface area contributed by atoms with E-state index in [4.69, 9.17) is 5.73 Å². The van der Waals surface area contributed by atoms with E-state index in [0.717, 1.165) is 16.7 Å². The van der Waals surface area contributed by atoms with Crippen molar-refractivity contribution in [1.29, 1.82) is 0 Å². The summed E-state index contributed by atoms with van der Waals surface area (Å²) in [5.41, 5.74) is 8.25. The van der Waals surface area contributed by atoms with E-state index in [-0.39, 0.29) is 30.5 Å². The fourth-order valence-corrected chi connectivity index (χ4v) is 3.49. The number of nitrogens with zero attached hydrogens (tertiary/aromatic N) is 3. The number of aromatic amines is 1. The summed E-state index contributed by atoms with van der Waals surface area (Å²) < 4.78 is 1.31. The molecule has 8 heteroatoms. The molecule has 3 rings (SSSR count). The third kappa shape index (κ3) is 5.26. The second-order valence-electron chi connectivity index (χ2n) is 7.81. The van der Waals surface area contributed by atoms with Gasteiger partial charge in [0.25, 0.3) is 5.56 Å². The number of rotatable bonds is 8. The molecule has 0 radical (unpaired) electrons. The number of H-pyrrole nitrogens is 1. The first kappa shape index (κ1) is 22.9. The van der Waals surface area contributed by atoms with E-state index >= 15 is 0 Å². The quantitative estimate of drug-likeness (QED) is 0.563. The molecule has 32 heavy (non-hydrogen) atoms. The van der Waals surface area contributed by atoms with Crippen molar-refractivity contribution in [2.24, 2.45) is 0 Å². The maximum atomic E-state index is 12.9. The van der Waals surface area contributed by atoms with Gasteiger partial charge in [-0.25, -0.2) is 4.79 Å². The monoisotopic (exact) mass is 435 g/mol. The van der Waals surface area contributed by atoms with Crippen molar-refractivity contribution in [1.82, 2.24) is 14.5 Å². The first-order valence-electron chi connectivity index (χ1n) is 10.5. The van der Waals surface area contributed by atoms with Crippen molar-refractivity contribution in [2.75, 3.05) is 30.8 Å². The summed E-state index contributed by atoms with van der Waals surface area (Å²) in [5, 5.41) is 0. The lowest BCUT2D eigenvalue weighted by molar-refractivity contribution is -0.128. The molecule has 0 saturated heterocycles. The molecule has 3 aromatic rings. The molecule has 2 aromatic carbocycles. The third-order valence-electron chi connectivity index (χ3n) is 5.39. The molecule has 0 unspecified atom stereocenters. The van der Waals surface area contributed by atoms with Crippen LogP contribution in [0.15, 0.2) is 64.2 Å². The van der Waals surface area contributed by atoms with Crippen molar-refractivity contribution in [2.45, 2.75) is 26.9 Å². The Bertz CT molecular complexity index is 1180. The highest BCUT2D eigenvalue weighted by molar-refractivity contribution is 5.82. The molecule has 3 N–H and O–H groups in total. The molecular formula is C24H29N5O3. The smallest absolute Gasteiger partial charge is 0.330 e. The highest BCUT2D eigenvalue weighted by atomic mass is 16.2. The van der Waals surface area contributed by atoms with Crippen LogP contribution in [0.4, 0.5) is 11.5 Å². The van der Waals surface area contributed by atoms with E-state index in [1.165, 1.54) is 4.57 Å². The molecular weight excluding hydrogens is 406 g/mol. The number of hydrogen-bond donors (Lipinski definition) is 2. The molecule has 1 heterocycles. The number of hydrogen-bond acceptors (Lipinski definition) is 5. The highest BCUT2D eigenvalue weighted by Crippen LogP contribution is 2.18. The van der Waals surface area contributed by atoms with Crippen LogP contribution < -0.4 is 21.9 Å². The molecule has 0 aliphatic heterocycles. The van der Waals surface area contributed by atoms with E-state index in [1.54, 1.807) is 16.8 Å². The number of carbonyl (C=O) groups is 1. The first-order valence-corrected chi connectivity index (χ1v) is 10.5. The number of aromatic nitrogens is 2. The second-order valence-corrected chi connectivity index (χ2v) is 7.81. The van der Waals surface area contributed by atoms with E-state index in [9.17, 15) is 14.4 Å². The Labute approximate surface area is 186 Å². The molecule has 0 fully saturated rings. The summed E-state index contributed by atoms with van der Waals surface area (Å²) in [6.45, 7) is 4.86. The third-order valence-corrected chi connectivity index (χ3v) is 5.39. The van der Waals surface area contributed by atoms with Crippen molar-refractivity contribution < 1.29 is 4.79 Å². The van der Waals surface area contributed by atoms with Gasteiger partial charge in [0.1, 0.15) is 11.5 Å². The van der Waals surface area contributed by atoms with Gasteiger partial charge in [-0.3, -0.25) is 19.1 Å². The molecule has 168 valence electrons. The van der Waals surface area contributed by atoms with E-state index in [0.29, 0.717) is 13.1 Å². The summed E-state index contributed by atoms with van der Waals surface area (Å²) in [7, 11) is 1.72. The number of nitrogen functional groups attached to an aromatic ring is 1. The van der Waals surface area contributed by atoms with E-state index in [1.807, 2.05) is 68.4 Å². The number of carbonyl (C=O) groups excluding carboxylic acids is 1. The van der Waals surface area contributed by atoms with Gasteiger partial charge in [0, 0.05) is 20.1 Å². The van der Waals surface area contributed by atoms with Crippen LogP contribution in [0.25, 0.3) is 0 Å². The van der Waals surface area contributed by atoms with Crippen LogP contribution in [-0.4, -0.2) is 40.5 Å². The second kappa shape index (κ2) is 10.00. The topological polar surface area (TPSA) is 104 Å².